The summed E-state index contributed by atoms with van der Waals surface area (Å²) in [6, 6.07) is 0. The van der Waals surface area contributed by atoms with Gasteiger partial charge in [0.15, 0.2) is 0 Å². The van der Waals surface area contributed by atoms with E-state index in [1.807, 2.05) is 0 Å². The maximum Gasteiger partial charge on any atom is 0.328 e. The number of hydrogen-bond acceptors (Lipinski definition) is 1. The minimum atomic E-state index is -0.804. The van der Waals surface area contributed by atoms with Gasteiger partial charge < -0.3 is 5.11 Å². The SMILES string of the molecule is CCC1C=C[C@H]2C(=CC(=O)O)C[C@@H]12. The highest BCUT2D eigenvalue weighted by atomic mass is 16.4. The highest BCUT2D eigenvalue weighted by molar-refractivity contribution is 5.81. The van der Waals surface area contributed by atoms with Gasteiger partial charge in [0.25, 0.3) is 0 Å². The molecule has 1 saturated carbocycles. The van der Waals surface area contributed by atoms with E-state index in [0.717, 1.165) is 12.0 Å². The maximum absolute atomic E-state index is 10.4. The number of hydrogen-bond donors (Lipinski definition) is 1. The summed E-state index contributed by atoms with van der Waals surface area (Å²) >= 11 is 0. The van der Waals surface area contributed by atoms with Gasteiger partial charge in [0, 0.05) is 12.0 Å². The Balaban J connectivity index is 2.06. The Bertz CT molecular complexity index is 288. The number of fused-ring (bicyclic) bond motifs is 1. The lowest BCUT2D eigenvalue weighted by Gasteiger charge is -2.37. The average Bonchev–Trinajstić information content (AvgIpc) is 2.38. The molecular formula is C11H14O2. The Labute approximate surface area is 78.0 Å². The van der Waals surface area contributed by atoms with Crippen molar-refractivity contribution in [1.82, 2.24) is 0 Å². The average molecular weight is 178 g/mol. The molecule has 0 spiro atoms. The largest absolute Gasteiger partial charge is 0.478 e. The molecule has 1 unspecified atom stereocenters. The predicted molar refractivity (Wildman–Crippen MR) is 50.2 cm³/mol. The zero-order valence-electron chi connectivity index (χ0n) is 7.73. The van der Waals surface area contributed by atoms with Crippen molar-refractivity contribution in [3.05, 3.63) is 23.8 Å². The molecule has 2 rings (SSSR count). The molecule has 0 aliphatic heterocycles. The van der Waals surface area contributed by atoms with Gasteiger partial charge in [-0.3, -0.25) is 0 Å². The van der Waals surface area contributed by atoms with Gasteiger partial charge in [-0.15, -0.1) is 0 Å². The topological polar surface area (TPSA) is 37.3 Å². The van der Waals surface area contributed by atoms with Gasteiger partial charge in [0.05, 0.1) is 0 Å². The van der Waals surface area contributed by atoms with Crippen LogP contribution in [0.15, 0.2) is 23.8 Å². The maximum atomic E-state index is 10.4. The monoisotopic (exact) mass is 178 g/mol. The van der Waals surface area contributed by atoms with Crippen molar-refractivity contribution < 1.29 is 9.90 Å². The van der Waals surface area contributed by atoms with E-state index < -0.39 is 5.97 Å². The molecule has 1 fully saturated rings. The number of carboxylic acid groups (broad SMARTS) is 1. The normalized spacial score (nSPS) is 38.8. The van der Waals surface area contributed by atoms with Crippen LogP contribution in [-0.4, -0.2) is 11.1 Å². The van der Waals surface area contributed by atoms with E-state index in [2.05, 4.69) is 19.1 Å². The molecule has 0 aromatic carbocycles. The zero-order chi connectivity index (χ0) is 9.42. The van der Waals surface area contributed by atoms with Gasteiger partial charge in [-0.05, 0) is 24.7 Å². The van der Waals surface area contributed by atoms with Crippen LogP contribution in [0.4, 0.5) is 0 Å². The minimum Gasteiger partial charge on any atom is -0.478 e. The van der Waals surface area contributed by atoms with Gasteiger partial charge in [0.1, 0.15) is 0 Å². The third kappa shape index (κ3) is 1.30. The molecule has 0 heterocycles. The van der Waals surface area contributed by atoms with Crippen LogP contribution in [0.3, 0.4) is 0 Å². The molecule has 0 saturated heterocycles. The summed E-state index contributed by atoms with van der Waals surface area (Å²) in [5.41, 5.74) is 1.10. The lowest BCUT2D eigenvalue weighted by Crippen LogP contribution is -2.29. The molecule has 3 atom stereocenters. The van der Waals surface area contributed by atoms with Crippen LogP contribution in [0, 0.1) is 17.8 Å². The van der Waals surface area contributed by atoms with Crippen molar-refractivity contribution in [2.24, 2.45) is 17.8 Å². The smallest absolute Gasteiger partial charge is 0.328 e. The van der Waals surface area contributed by atoms with Gasteiger partial charge >= 0.3 is 5.97 Å². The van der Waals surface area contributed by atoms with E-state index in [1.165, 1.54) is 12.5 Å². The summed E-state index contributed by atoms with van der Waals surface area (Å²) in [5.74, 6) is 1.04. The van der Waals surface area contributed by atoms with Crippen LogP contribution in [0.25, 0.3) is 0 Å². The summed E-state index contributed by atoms with van der Waals surface area (Å²) < 4.78 is 0. The molecule has 2 heteroatoms. The second kappa shape index (κ2) is 3.02. The fourth-order valence-corrected chi connectivity index (χ4v) is 2.49. The highest BCUT2D eigenvalue weighted by Crippen LogP contribution is 2.50. The Hall–Kier alpha value is -1.05. The van der Waals surface area contributed by atoms with E-state index in [1.54, 1.807) is 0 Å². The van der Waals surface area contributed by atoms with Crippen molar-refractivity contribution >= 4 is 5.97 Å². The van der Waals surface area contributed by atoms with Crippen molar-refractivity contribution in [1.29, 1.82) is 0 Å². The highest BCUT2D eigenvalue weighted by Gasteiger charge is 2.41. The first kappa shape index (κ1) is 8.54. The van der Waals surface area contributed by atoms with Crippen molar-refractivity contribution in [3.8, 4) is 0 Å². The number of aliphatic carboxylic acids is 1. The van der Waals surface area contributed by atoms with E-state index in [-0.39, 0.29) is 0 Å². The van der Waals surface area contributed by atoms with Gasteiger partial charge in [-0.2, -0.15) is 0 Å². The van der Waals surface area contributed by atoms with Crippen molar-refractivity contribution in [3.63, 3.8) is 0 Å². The fourth-order valence-electron chi connectivity index (χ4n) is 2.49. The van der Waals surface area contributed by atoms with Crippen LogP contribution in [0.1, 0.15) is 19.8 Å². The first-order valence-corrected chi connectivity index (χ1v) is 4.84. The lowest BCUT2D eigenvalue weighted by molar-refractivity contribution is -0.131. The number of carboxylic acids is 1. The number of rotatable bonds is 2. The minimum absolute atomic E-state index is 0.445. The Morgan fingerprint density at radius 1 is 1.69 bits per heavy atom. The summed E-state index contributed by atoms with van der Waals surface area (Å²) in [7, 11) is 0. The molecule has 2 aliphatic carbocycles. The molecule has 1 N–H and O–H groups in total. The second-order valence-electron chi connectivity index (χ2n) is 3.91. The number of carbonyl (C=O) groups is 1. The second-order valence-corrected chi connectivity index (χ2v) is 3.91. The van der Waals surface area contributed by atoms with E-state index >= 15 is 0 Å². The van der Waals surface area contributed by atoms with Crippen LogP contribution in [0.2, 0.25) is 0 Å². The van der Waals surface area contributed by atoms with E-state index in [0.29, 0.717) is 17.8 Å². The van der Waals surface area contributed by atoms with Crippen molar-refractivity contribution in [2.45, 2.75) is 19.8 Å². The Morgan fingerprint density at radius 3 is 3.08 bits per heavy atom. The third-order valence-electron chi connectivity index (χ3n) is 3.26. The van der Waals surface area contributed by atoms with E-state index in [4.69, 9.17) is 5.11 Å². The Kier molecular flexibility index (Phi) is 1.98. The first-order chi connectivity index (χ1) is 6.22. The molecule has 70 valence electrons. The molecule has 13 heavy (non-hydrogen) atoms. The number of allylic oxidation sites excluding steroid dienone is 3. The molecule has 0 aromatic rings. The van der Waals surface area contributed by atoms with Crippen molar-refractivity contribution in [2.75, 3.05) is 0 Å². The molecule has 2 aliphatic rings. The van der Waals surface area contributed by atoms with Crippen LogP contribution >= 0.6 is 0 Å². The Morgan fingerprint density at radius 2 is 2.46 bits per heavy atom. The van der Waals surface area contributed by atoms with Gasteiger partial charge in [0.2, 0.25) is 0 Å². The molecule has 0 amide bonds. The lowest BCUT2D eigenvalue weighted by atomic mass is 9.67. The molecule has 2 nitrogen and oxygen atoms in total. The summed E-state index contributed by atoms with van der Waals surface area (Å²) in [5, 5.41) is 8.59. The fraction of sp³-hybridized carbons (Fsp3) is 0.545. The summed E-state index contributed by atoms with van der Waals surface area (Å²) in [6.45, 7) is 2.19. The van der Waals surface area contributed by atoms with Crippen LogP contribution < -0.4 is 0 Å². The molecule has 0 bridgehead atoms. The quantitative estimate of drug-likeness (QED) is 0.520. The molecule has 0 radical (unpaired) electrons. The first-order valence-electron chi connectivity index (χ1n) is 4.84. The van der Waals surface area contributed by atoms with Crippen LogP contribution in [0.5, 0.6) is 0 Å². The predicted octanol–water partition coefficient (Wildman–Crippen LogP) is 2.23. The third-order valence-corrected chi connectivity index (χ3v) is 3.26. The summed E-state index contributed by atoms with van der Waals surface area (Å²) in [4.78, 5) is 10.4. The molecular weight excluding hydrogens is 164 g/mol. The zero-order valence-corrected chi connectivity index (χ0v) is 7.73. The van der Waals surface area contributed by atoms with Gasteiger partial charge in [-0.1, -0.05) is 24.6 Å². The van der Waals surface area contributed by atoms with Crippen LogP contribution in [-0.2, 0) is 4.79 Å². The molecule has 0 aromatic heterocycles. The summed E-state index contributed by atoms with van der Waals surface area (Å²) in [6.07, 6.45) is 7.97. The van der Waals surface area contributed by atoms with E-state index in [9.17, 15) is 4.79 Å². The standard InChI is InChI=1S/C11H14O2/c1-2-7-3-4-9-8(5-10(7)9)6-11(12)13/h3-4,6-7,9-10H,2,5H2,1H3,(H,12,13)/t7?,9-,10-/m0/s1. The van der Waals surface area contributed by atoms with Gasteiger partial charge in [-0.25, -0.2) is 4.79 Å².